The maximum Gasteiger partial charge on any atom is 0.226 e. The SMILES string of the molecule is CC(=O)Nc1nc(Cl)nc2c1ncn2C. The van der Waals surface area contributed by atoms with Crippen LogP contribution in [0.2, 0.25) is 5.28 Å². The lowest BCUT2D eigenvalue weighted by atomic mass is 10.5. The molecule has 0 aliphatic heterocycles. The van der Waals surface area contributed by atoms with Gasteiger partial charge in [-0.05, 0) is 11.6 Å². The van der Waals surface area contributed by atoms with Crippen molar-refractivity contribution in [1.29, 1.82) is 0 Å². The molecule has 0 fully saturated rings. The molecule has 0 radical (unpaired) electrons. The molecule has 0 spiro atoms. The zero-order valence-electron chi connectivity index (χ0n) is 8.15. The highest BCUT2D eigenvalue weighted by Crippen LogP contribution is 2.19. The highest BCUT2D eigenvalue weighted by molar-refractivity contribution is 6.28. The van der Waals surface area contributed by atoms with Crippen LogP contribution >= 0.6 is 11.6 Å². The lowest BCUT2D eigenvalue weighted by Crippen LogP contribution is -2.08. The van der Waals surface area contributed by atoms with Crippen molar-refractivity contribution in [1.82, 2.24) is 19.5 Å². The average molecular weight is 226 g/mol. The minimum absolute atomic E-state index is 0.0786. The van der Waals surface area contributed by atoms with Crippen molar-refractivity contribution in [2.24, 2.45) is 7.05 Å². The second kappa shape index (κ2) is 3.47. The van der Waals surface area contributed by atoms with Gasteiger partial charge >= 0.3 is 0 Å². The maximum atomic E-state index is 10.9. The van der Waals surface area contributed by atoms with E-state index in [4.69, 9.17) is 11.6 Å². The van der Waals surface area contributed by atoms with Gasteiger partial charge in [0.25, 0.3) is 0 Å². The zero-order valence-corrected chi connectivity index (χ0v) is 8.91. The van der Waals surface area contributed by atoms with Gasteiger partial charge in [-0.2, -0.15) is 9.97 Å². The summed E-state index contributed by atoms with van der Waals surface area (Å²) >= 11 is 5.72. The molecule has 2 aromatic heterocycles. The number of aryl methyl sites for hydroxylation is 1. The van der Waals surface area contributed by atoms with Gasteiger partial charge in [-0.1, -0.05) is 0 Å². The molecule has 6 nitrogen and oxygen atoms in total. The molecule has 2 aromatic rings. The van der Waals surface area contributed by atoms with E-state index in [1.807, 2.05) is 0 Å². The van der Waals surface area contributed by atoms with Gasteiger partial charge in [0, 0.05) is 14.0 Å². The van der Waals surface area contributed by atoms with Crippen LogP contribution < -0.4 is 5.32 Å². The van der Waals surface area contributed by atoms with Crippen LogP contribution in [0.4, 0.5) is 5.82 Å². The number of fused-ring (bicyclic) bond motifs is 1. The van der Waals surface area contributed by atoms with Crippen LogP contribution in [0.3, 0.4) is 0 Å². The molecule has 0 aliphatic rings. The van der Waals surface area contributed by atoms with E-state index in [0.29, 0.717) is 17.0 Å². The Hall–Kier alpha value is -1.69. The van der Waals surface area contributed by atoms with Crippen LogP contribution in [0, 0.1) is 0 Å². The van der Waals surface area contributed by atoms with Gasteiger partial charge in [-0.3, -0.25) is 4.79 Å². The second-order valence-electron chi connectivity index (χ2n) is 3.05. The fourth-order valence-corrected chi connectivity index (χ4v) is 1.40. The zero-order chi connectivity index (χ0) is 11.0. The number of anilines is 1. The topological polar surface area (TPSA) is 72.7 Å². The molecular formula is C8H8ClN5O. The molecule has 0 saturated carbocycles. The number of imidazole rings is 1. The predicted molar refractivity (Wildman–Crippen MR) is 55.6 cm³/mol. The number of rotatable bonds is 1. The number of amides is 1. The van der Waals surface area contributed by atoms with Crippen LogP contribution in [0.15, 0.2) is 6.33 Å². The number of halogens is 1. The monoisotopic (exact) mass is 225 g/mol. The van der Waals surface area contributed by atoms with E-state index in [1.165, 1.54) is 6.92 Å². The average Bonchev–Trinajstić information content (AvgIpc) is 2.47. The van der Waals surface area contributed by atoms with E-state index in [0.717, 1.165) is 0 Å². The van der Waals surface area contributed by atoms with E-state index in [9.17, 15) is 4.79 Å². The molecule has 7 heteroatoms. The standard InChI is InChI=1S/C8H8ClN5O/c1-4(15)11-6-5-7(13-8(9)12-6)14(2)3-10-5/h3H,1-2H3,(H,11,12,13,15). The number of hydrogen-bond donors (Lipinski definition) is 1. The summed E-state index contributed by atoms with van der Waals surface area (Å²) in [7, 11) is 1.79. The molecule has 0 atom stereocenters. The predicted octanol–water partition coefficient (Wildman–Crippen LogP) is 0.975. The van der Waals surface area contributed by atoms with Crippen molar-refractivity contribution in [2.75, 3.05) is 5.32 Å². The summed E-state index contributed by atoms with van der Waals surface area (Å²) in [5, 5.41) is 2.63. The minimum atomic E-state index is -0.225. The second-order valence-corrected chi connectivity index (χ2v) is 3.39. The molecule has 1 amide bonds. The Kier molecular flexibility index (Phi) is 2.28. The van der Waals surface area contributed by atoms with Gasteiger partial charge in [0.1, 0.15) is 0 Å². The van der Waals surface area contributed by atoms with E-state index < -0.39 is 0 Å². The molecule has 1 N–H and O–H groups in total. The first-order valence-electron chi connectivity index (χ1n) is 4.20. The van der Waals surface area contributed by atoms with Gasteiger partial charge in [-0.15, -0.1) is 0 Å². The van der Waals surface area contributed by atoms with E-state index in [1.54, 1.807) is 17.9 Å². The van der Waals surface area contributed by atoms with Crippen LogP contribution in [0.25, 0.3) is 11.2 Å². The largest absolute Gasteiger partial charge is 0.318 e. The number of nitrogens with zero attached hydrogens (tertiary/aromatic N) is 4. The number of nitrogens with one attached hydrogen (secondary N) is 1. The summed E-state index contributed by atoms with van der Waals surface area (Å²) in [5.74, 6) is 0.106. The van der Waals surface area contributed by atoms with Crippen LogP contribution in [-0.4, -0.2) is 25.4 Å². The number of aromatic nitrogens is 4. The molecular weight excluding hydrogens is 218 g/mol. The quantitative estimate of drug-likeness (QED) is 0.735. The molecule has 0 bridgehead atoms. The van der Waals surface area contributed by atoms with E-state index in [2.05, 4.69) is 20.3 Å². The molecule has 0 aliphatic carbocycles. The first kappa shape index (κ1) is 9.85. The third kappa shape index (κ3) is 1.75. The number of carbonyl (C=O) groups is 1. The molecule has 0 aromatic carbocycles. The van der Waals surface area contributed by atoms with E-state index in [-0.39, 0.29) is 11.2 Å². The molecule has 0 unspecified atom stereocenters. The Labute approximate surface area is 90.3 Å². The summed E-state index contributed by atoms with van der Waals surface area (Å²) in [6.07, 6.45) is 1.58. The fraction of sp³-hybridized carbons (Fsp3) is 0.250. The summed E-state index contributed by atoms with van der Waals surface area (Å²) in [5.41, 5.74) is 1.11. The van der Waals surface area contributed by atoms with Gasteiger partial charge in [0.15, 0.2) is 17.0 Å². The number of carbonyl (C=O) groups excluding carboxylic acids is 1. The summed E-state index contributed by atoms with van der Waals surface area (Å²) in [6, 6.07) is 0. The molecule has 2 rings (SSSR count). The summed E-state index contributed by atoms with van der Waals surface area (Å²) in [4.78, 5) is 22.9. The third-order valence-corrected chi connectivity index (χ3v) is 2.00. The van der Waals surface area contributed by atoms with Crippen molar-refractivity contribution < 1.29 is 4.79 Å². The highest BCUT2D eigenvalue weighted by Gasteiger charge is 2.11. The van der Waals surface area contributed by atoms with Gasteiger partial charge in [0.05, 0.1) is 6.33 Å². The lowest BCUT2D eigenvalue weighted by molar-refractivity contribution is -0.114. The Bertz CT molecular complexity index is 535. The van der Waals surface area contributed by atoms with Crippen molar-refractivity contribution >= 4 is 34.5 Å². The smallest absolute Gasteiger partial charge is 0.226 e. The number of hydrogen-bond acceptors (Lipinski definition) is 4. The van der Waals surface area contributed by atoms with Crippen molar-refractivity contribution in [3.8, 4) is 0 Å². The fourth-order valence-electron chi connectivity index (χ4n) is 1.23. The van der Waals surface area contributed by atoms with E-state index >= 15 is 0 Å². The van der Waals surface area contributed by atoms with Crippen LogP contribution in [0.1, 0.15) is 6.92 Å². The van der Waals surface area contributed by atoms with Crippen molar-refractivity contribution in [3.05, 3.63) is 11.6 Å². The van der Waals surface area contributed by atoms with Gasteiger partial charge in [0.2, 0.25) is 11.2 Å². The Morgan fingerprint density at radius 1 is 1.53 bits per heavy atom. The minimum Gasteiger partial charge on any atom is -0.318 e. The van der Waals surface area contributed by atoms with Crippen molar-refractivity contribution in [3.63, 3.8) is 0 Å². The molecule has 15 heavy (non-hydrogen) atoms. The Balaban J connectivity index is 2.66. The van der Waals surface area contributed by atoms with Gasteiger partial charge < -0.3 is 9.88 Å². The highest BCUT2D eigenvalue weighted by atomic mass is 35.5. The third-order valence-electron chi connectivity index (χ3n) is 1.83. The van der Waals surface area contributed by atoms with Crippen LogP contribution in [-0.2, 0) is 11.8 Å². The van der Waals surface area contributed by atoms with Gasteiger partial charge in [-0.25, -0.2) is 4.98 Å². The van der Waals surface area contributed by atoms with Crippen molar-refractivity contribution in [2.45, 2.75) is 6.92 Å². The van der Waals surface area contributed by atoms with Crippen LogP contribution in [0.5, 0.6) is 0 Å². The normalized spacial score (nSPS) is 10.6. The first-order valence-corrected chi connectivity index (χ1v) is 4.58. The molecule has 2 heterocycles. The Morgan fingerprint density at radius 2 is 2.27 bits per heavy atom. The summed E-state index contributed by atoms with van der Waals surface area (Å²) in [6.45, 7) is 1.39. The first-order chi connectivity index (χ1) is 7.08. The summed E-state index contributed by atoms with van der Waals surface area (Å²) < 4.78 is 1.70. The Morgan fingerprint density at radius 3 is 2.93 bits per heavy atom. The maximum absolute atomic E-state index is 10.9. The lowest BCUT2D eigenvalue weighted by Gasteiger charge is -2.02. The molecule has 0 saturated heterocycles. The molecule has 78 valence electrons.